The van der Waals surface area contributed by atoms with Crippen LogP contribution in [-0.2, 0) is 14.8 Å². The van der Waals surface area contributed by atoms with Crippen LogP contribution in [-0.4, -0.2) is 44.6 Å². The van der Waals surface area contributed by atoms with Crippen LogP contribution in [0.2, 0.25) is 0 Å². The molecule has 0 radical (unpaired) electrons. The zero-order valence-electron chi connectivity index (χ0n) is 10.6. The fourth-order valence-corrected chi connectivity index (χ4v) is 2.27. The lowest BCUT2D eigenvalue weighted by Crippen LogP contribution is -2.37. The van der Waals surface area contributed by atoms with Gasteiger partial charge in [-0.15, -0.1) is 0 Å². The Bertz CT molecular complexity index is 545. The fraction of sp³-hybridized carbons (Fsp3) is 0.364. The third kappa shape index (κ3) is 5.14. The molecule has 1 aromatic rings. The molecule has 106 valence electrons. The lowest BCUT2D eigenvalue weighted by molar-refractivity contribution is -0.118. The smallest absolute Gasteiger partial charge is 0.232 e. The van der Waals surface area contributed by atoms with Gasteiger partial charge in [0.1, 0.15) is 12.4 Å². The molecule has 1 amide bonds. The molecule has 19 heavy (non-hydrogen) atoms. The van der Waals surface area contributed by atoms with Crippen LogP contribution in [0.1, 0.15) is 0 Å². The molecule has 0 unspecified atom stereocenters. The summed E-state index contributed by atoms with van der Waals surface area (Å²) in [5, 5.41) is 0. The summed E-state index contributed by atoms with van der Waals surface area (Å²) in [5.74, 6) is -0.457. The fourth-order valence-electron chi connectivity index (χ4n) is 1.34. The van der Waals surface area contributed by atoms with Gasteiger partial charge in [-0.1, -0.05) is 6.07 Å². The lowest BCUT2D eigenvalue weighted by atomic mass is 10.3. The second-order valence-electron chi connectivity index (χ2n) is 3.96. The van der Waals surface area contributed by atoms with Gasteiger partial charge in [-0.3, -0.25) is 4.79 Å². The van der Waals surface area contributed by atoms with Crippen LogP contribution in [0.15, 0.2) is 24.3 Å². The van der Waals surface area contributed by atoms with Crippen LogP contribution in [0.3, 0.4) is 0 Å². The Balaban J connectivity index is 2.50. The molecule has 0 aliphatic rings. The Morgan fingerprint density at radius 2 is 2.11 bits per heavy atom. The molecule has 8 heteroatoms. The molecule has 0 atom stereocenters. The average Bonchev–Trinajstić information content (AvgIpc) is 2.27. The number of likely N-dealkylation sites (N-methyl/N-ethyl adjacent to an activating group) is 1. The van der Waals surface area contributed by atoms with Gasteiger partial charge in [0, 0.05) is 18.8 Å². The first-order chi connectivity index (χ1) is 8.81. The predicted octanol–water partition coefficient (Wildman–Crippen LogP) is -0.605. The van der Waals surface area contributed by atoms with E-state index in [0.29, 0.717) is 11.4 Å². The molecule has 0 heterocycles. The molecule has 0 fully saturated rings. The van der Waals surface area contributed by atoms with Crippen molar-refractivity contribution in [2.45, 2.75) is 0 Å². The van der Waals surface area contributed by atoms with Gasteiger partial charge in [-0.25, -0.2) is 8.42 Å². The van der Waals surface area contributed by atoms with Gasteiger partial charge < -0.3 is 16.2 Å². The molecule has 0 saturated heterocycles. The Kier molecular flexibility index (Phi) is 5.13. The number of hydrogen-bond acceptors (Lipinski definition) is 5. The predicted molar refractivity (Wildman–Crippen MR) is 72.0 cm³/mol. The van der Waals surface area contributed by atoms with Crippen LogP contribution < -0.4 is 16.2 Å². The standard InChI is InChI=1S/C11H17N3O4S/c1-14(8-11(13)15)19(16,17)6-5-18-10-4-2-3-9(12)7-10/h2-4,7H,5-6,8,12H2,1H3,(H2,13,15). The van der Waals surface area contributed by atoms with Crippen molar-refractivity contribution in [1.82, 2.24) is 4.31 Å². The van der Waals surface area contributed by atoms with E-state index in [1.54, 1.807) is 24.3 Å². The van der Waals surface area contributed by atoms with E-state index in [2.05, 4.69) is 0 Å². The molecular weight excluding hydrogens is 270 g/mol. The Morgan fingerprint density at radius 3 is 2.68 bits per heavy atom. The number of amides is 1. The Morgan fingerprint density at radius 1 is 1.42 bits per heavy atom. The molecule has 0 aromatic heterocycles. The van der Waals surface area contributed by atoms with Crippen molar-refractivity contribution in [1.29, 1.82) is 0 Å². The van der Waals surface area contributed by atoms with Gasteiger partial charge in [0.15, 0.2) is 0 Å². The average molecular weight is 287 g/mol. The van der Waals surface area contributed by atoms with Gasteiger partial charge >= 0.3 is 0 Å². The first-order valence-corrected chi connectivity index (χ1v) is 7.13. The van der Waals surface area contributed by atoms with Crippen LogP contribution in [0.5, 0.6) is 5.75 Å². The zero-order valence-corrected chi connectivity index (χ0v) is 11.4. The SMILES string of the molecule is CN(CC(N)=O)S(=O)(=O)CCOc1cccc(N)c1. The number of nitrogens with zero attached hydrogens (tertiary/aromatic N) is 1. The summed E-state index contributed by atoms with van der Waals surface area (Å²) in [6.45, 7) is -0.379. The quantitative estimate of drug-likeness (QED) is 0.649. The van der Waals surface area contributed by atoms with Crippen molar-refractivity contribution in [3.63, 3.8) is 0 Å². The molecule has 0 aliphatic heterocycles. The summed E-state index contributed by atoms with van der Waals surface area (Å²) >= 11 is 0. The van der Waals surface area contributed by atoms with Gasteiger partial charge in [-0.05, 0) is 12.1 Å². The first kappa shape index (κ1) is 15.3. The van der Waals surface area contributed by atoms with E-state index >= 15 is 0 Å². The molecular formula is C11H17N3O4S. The number of hydrogen-bond donors (Lipinski definition) is 2. The third-order valence-corrected chi connectivity index (χ3v) is 4.08. The maximum atomic E-state index is 11.7. The third-order valence-electron chi connectivity index (χ3n) is 2.32. The van der Waals surface area contributed by atoms with Gasteiger partial charge in [0.05, 0.1) is 12.3 Å². The summed E-state index contributed by atoms with van der Waals surface area (Å²) in [6.07, 6.45) is 0. The second-order valence-corrected chi connectivity index (χ2v) is 6.15. The van der Waals surface area contributed by atoms with Crippen molar-refractivity contribution < 1.29 is 17.9 Å². The number of carbonyl (C=O) groups excluding carboxylic acids is 1. The zero-order chi connectivity index (χ0) is 14.5. The largest absolute Gasteiger partial charge is 0.492 e. The van der Waals surface area contributed by atoms with Gasteiger partial charge in [-0.2, -0.15) is 4.31 Å². The van der Waals surface area contributed by atoms with E-state index in [0.717, 1.165) is 4.31 Å². The van der Waals surface area contributed by atoms with Gasteiger partial charge in [0.2, 0.25) is 15.9 Å². The highest BCUT2D eigenvalue weighted by molar-refractivity contribution is 7.89. The number of rotatable bonds is 7. The molecule has 0 spiro atoms. The lowest BCUT2D eigenvalue weighted by Gasteiger charge is -2.15. The summed E-state index contributed by atoms with van der Waals surface area (Å²) in [6, 6.07) is 6.68. The van der Waals surface area contributed by atoms with Crippen LogP contribution in [0, 0.1) is 0 Å². The highest BCUT2D eigenvalue weighted by Gasteiger charge is 2.19. The summed E-state index contributed by atoms with van der Waals surface area (Å²) in [5.41, 5.74) is 11.0. The number of primary amides is 1. The Hall–Kier alpha value is -1.80. The number of nitrogens with two attached hydrogens (primary N) is 2. The minimum Gasteiger partial charge on any atom is -0.492 e. The second kappa shape index (κ2) is 6.39. The van der Waals surface area contributed by atoms with E-state index in [1.165, 1.54) is 7.05 Å². The molecule has 1 aromatic carbocycles. The molecule has 1 rings (SSSR count). The molecule has 7 nitrogen and oxygen atoms in total. The highest BCUT2D eigenvalue weighted by atomic mass is 32.2. The van der Waals surface area contributed by atoms with Crippen molar-refractivity contribution in [2.75, 3.05) is 31.7 Å². The first-order valence-electron chi connectivity index (χ1n) is 5.52. The minimum atomic E-state index is -3.56. The number of sulfonamides is 1. The summed E-state index contributed by atoms with van der Waals surface area (Å²) in [7, 11) is -2.27. The maximum Gasteiger partial charge on any atom is 0.232 e. The maximum absolute atomic E-state index is 11.7. The minimum absolute atomic E-state index is 0.0328. The monoisotopic (exact) mass is 287 g/mol. The van der Waals surface area contributed by atoms with Gasteiger partial charge in [0.25, 0.3) is 0 Å². The van der Waals surface area contributed by atoms with E-state index in [9.17, 15) is 13.2 Å². The van der Waals surface area contributed by atoms with E-state index < -0.39 is 15.9 Å². The van der Waals surface area contributed by atoms with Crippen molar-refractivity contribution in [3.8, 4) is 5.75 Å². The Labute approximate surface area is 112 Å². The topological polar surface area (TPSA) is 116 Å². The van der Waals surface area contributed by atoms with Crippen LogP contribution in [0.25, 0.3) is 0 Å². The summed E-state index contributed by atoms with van der Waals surface area (Å²) < 4.78 is 29.6. The molecule has 0 saturated carbocycles. The number of nitrogen functional groups attached to an aromatic ring is 1. The van der Waals surface area contributed by atoms with Crippen molar-refractivity contribution in [3.05, 3.63) is 24.3 Å². The molecule has 0 aliphatic carbocycles. The molecule has 0 bridgehead atoms. The number of anilines is 1. The van der Waals surface area contributed by atoms with Crippen molar-refractivity contribution in [2.24, 2.45) is 5.73 Å². The normalized spacial score (nSPS) is 11.5. The van der Waals surface area contributed by atoms with Crippen LogP contribution in [0.4, 0.5) is 5.69 Å². The number of carbonyl (C=O) groups is 1. The van der Waals surface area contributed by atoms with Crippen molar-refractivity contribution >= 4 is 21.6 Å². The number of benzene rings is 1. The van der Waals surface area contributed by atoms with E-state index in [-0.39, 0.29) is 18.9 Å². The van der Waals surface area contributed by atoms with E-state index in [4.69, 9.17) is 16.2 Å². The summed E-state index contributed by atoms with van der Waals surface area (Å²) in [4.78, 5) is 10.7. The number of ether oxygens (including phenoxy) is 1. The van der Waals surface area contributed by atoms with E-state index in [1.807, 2.05) is 0 Å². The molecule has 4 N–H and O–H groups in total. The van der Waals surface area contributed by atoms with Crippen LogP contribution >= 0.6 is 0 Å². The highest BCUT2D eigenvalue weighted by Crippen LogP contribution is 2.14.